The maximum Gasteiger partial charge on any atom is 0.310 e. The second-order valence-electron chi connectivity index (χ2n) is 5.19. The van der Waals surface area contributed by atoms with Crippen molar-refractivity contribution in [2.24, 2.45) is 5.92 Å². The number of methoxy groups -OCH3 is 1. The van der Waals surface area contributed by atoms with Crippen molar-refractivity contribution in [2.75, 3.05) is 25.1 Å². The monoisotopic (exact) mass is 279 g/mol. The summed E-state index contributed by atoms with van der Waals surface area (Å²) < 4.78 is 10.4. The molecule has 1 aliphatic rings. The summed E-state index contributed by atoms with van der Waals surface area (Å²) in [5.41, 5.74) is 0. The van der Waals surface area contributed by atoms with Gasteiger partial charge in [0.15, 0.2) is 0 Å². The summed E-state index contributed by atoms with van der Waals surface area (Å²) in [6, 6.07) is 1.82. The predicted molar refractivity (Wildman–Crippen MR) is 74.7 cm³/mol. The second-order valence-corrected chi connectivity index (χ2v) is 5.19. The molecule has 0 radical (unpaired) electrons. The molecule has 0 aliphatic carbocycles. The molecule has 0 aromatic carbocycles. The van der Waals surface area contributed by atoms with E-state index in [1.807, 2.05) is 19.9 Å². The first-order valence-electron chi connectivity index (χ1n) is 6.91. The van der Waals surface area contributed by atoms with E-state index in [4.69, 9.17) is 9.47 Å². The molecule has 6 heteroatoms. The Morgan fingerprint density at radius 1 is 1.45 bits per heavy atom. The zero-order valence-corrected chi connectivity index (χ0v) is 12.2. The molecule has 110 valence electrons. The molecule has 1 unspecified atom stereocenters. The van der Waals surface area contributed by atoms with Gasteiger partial charge < -0.3 is 14.4 Å². The van der Waals surface area contributed by atoms with Gasteiger partial charge in [-0.05, 0) is 26.7 Å². The molecule has 1 atom stereocenters. The van der Waals surface area contributed by atoms with E-state index in [1.54, 1.807) is 0 Å². The number of piperidine rings is 1. The van der Waals surface area contributed by atoms with E-state index in [1.165, 1.54) is 13.4 Å². The minimum absolute atomic E-state index is 0.0712. The summed E-state index contributed by atoms with van der Waals surface area (Å²) in [6.45, 7) is 5.42. The van der Waals surface area contributed by atoms with E-state index in [9.17, 15) is 4.79 Å². The Hall–Kier alpha value is -1.85. The summed E-state index contributed by atoms with van der Waals surface area (Å²) in [6.07, 6.45) is 3.38. The van der Waals surface area contributed by atoms with E-state index in [2.05, 4.69) is 14.9 Å². The highest BCUT2D eigenvalue weighted by atomic mass is 16.5. The molecule has 2 rings (SSSR count). The van der Waals surface area contributed by atoms with Crippen molar-refractivity contribution in [1.29, 1.82) is 0 Å². The first kappa shape index (κ1) is 14.6. The van der Waals surface area contributed by atoms with Gasteiger partial charge in [-0.1, -0.05) is 0 Å². The third kappa shape index (κ3) is 3.59. The maximum atomic E-state index is 11.6. The van der Waals surface area contributed by atoms with Crippen LogP contribution in [-0.2, 0) is 9.53 Å². The molecule has 1 aromatic rings. The summed E-state index contributed by atoms with van der Waals surface area (Å²) in [7, 11) is 1.43. The van der Waals surface area contributed by atoms with Crippen molar-refractivity contribution in [2.45, 2.75) is 32.8 Å². The molecule has 0 saturated carbocycles. The minimum Gasteiger partial charge on any atom is -0.475 e. The van der Waals surface area contributed by atoms with Crippen molar-refractivity contribution in [3.05, 3.63) is 12.4 Å². The molecule has 0 N–H and O–H groups in total. The van der Waals surface area contributed by atoms with Crippen molar-refractivity contribution in [1.82, 2.24) is 9.97 Å². The number of esters is 1. The maximum absolute atomic E-state index is 11.6. The largest absolute Gasteiger partial charge is 0.475 e. The van der Waals surface area contributed by atoms with Crippen LogP contribution >= 0.6 is 0 Å². The number of anilines is 1. The third-order valence-electron chi connectivity index (χ3n) is 3.26. The fraction of sp³-hybridized carbons (Fsp3) is 0.643. The quantitative estimate of drug-likeness (QED) is 0.781. The highest BCUT2D eigenvalue weighted by Crippen LogP contribution is 2.24. The highest BCUT2D eigenvalue weighted by Gasteiger charge is 2.27. The van der Waals surface area contributed by atoms with Crippen molar-refractivity contribution in [3.8, 4) is 5.88 Å². The van der Waals surface area contributed by atoms with Gasteiger partial charge in [-0.15, -0.1) is 0 Å². The van der Waals surface area contributed by atoms with Crippen LogP contribution in [0, 0.1) is 5.92 Å². The highest BCUT2D eigenvalue weighted by molar-refractivity contribution is 5.73. The van der Waals surface area contributed by atoms with Crippen LogP contribution < -0.4 is 9.64 Å². The van der Waals surface area contributed by atoms with Gasteiger partial charge in [-0.25, -0.2) is 9.97 Å². The van der Waals surface area contributed by atoms with Crippen molar-refractivity contribution >= 4 is 11.8 Å². The van der Waals surface area contributed by atoms with Gasteiger partial charge in [0.05, 0.1) is 19.1 Å². The predicted octanol–water partition coefficient (Wildman–Crippen LogP) is 1.65. The number of rotatable bonds is 4. The van der Waals surface area contributed by atoms with E-state index < -0.39 is 0 Å². The van der Waals surface area contributed by atoms with Crippen molar-refractivity contribution in [3.63, 3.8) is 0 Å². The molecule has 0 bridgehead atoms. The van der Waals surface area contributed by atoms with Crippen LogP contribution in [0.4, 0.5) is 5.82 Å². The lowest BCUT2D eigenvalue weighted by Crippen LogP contribution is -2.39. The number of carbonyl (C=O) groups is 1. The van der Waals surface area contributed by atoms with E-state index in [0.29, 0.717) is 12.4 Å². The lowest BCUT2D eigenvalue weighted by atomic mass is 9.98. The molecule has 1 aliphatic heterocycles. The Kier molecular flexibility index (Phi) is 4.76. The number of aromatic nitrogens is 2. The molecule has 0 spiro atoms. The molecular weight excluding hydrogens is 258 g/mol. The Balaban J connectivity index is 2.08. The van der Waals surface area contributed by atoms with Gasteiger partial charge in [0.25, 0.3) is 0 Å². The van der Waals surface area contributed by atoms with Crippen LogP contribution in [0.1, 0.15) is 26.7 Å². The van der Waals surface area contributed by atoms with E-state index in [-0.39, 0.29) is 18.0 Å². The molecule has 1 fully saturated rings. The zero-order chi connectivity index (χ0) is 14.5. The fourth-order valence-corrected chi connectivity index (χ4v) is 2.35. The first-order valence-corrected chi connectivity index (χ1v) is 6.91. The van der Waals surface area contributed by atoms with Crippen LogP contribution in [0.5, 0.6) is 5.88 Å². The molecule has 2 heterocycles. The first-order chi connectivity index (χ1) is 9.60. The topological polar surface area (TPSA) is 64.5 Å². The zero-order valence-electron chi connectivity index (χ0n) is 12.2. The van der Waals surface area contributed by atoms with Crippen LogP contribution in [0.15, 0.2) is 12.4 Å². The van der Waals surface area contributed by atoms with Crippen LogP contribution in [0.3, 0.4) is 0 Å². The molecule has 0 amide bonds. The van der Waals surface area contributed by atoms with Gasteiger partial charge in [-0.3, -0.25) is 4.79 Å². The van der Waals surface area contributed by atoms with Crippen LogP contribution in [0.25, 0.3) is 0 Å². The van der Waals surface area contributed by atoms with Crippen LogP contribution in [0.2, 0.25) is 0 Å². The number of carbonyl (C=O) groups excluding carboxylic acids is 1. The number of ether oxygens (including phenoxy) is 2. The van der Waals surface area contributed by atoms with E-state index >= 15 is 0 Å². The number of nitrogens with zero attached hydrogens (tertiary/aromatic N) is 3. The molecular formula is C14H21N3O3. The molecule has 20 heavy (non-hydrogen) atoms. The normalized spacial score (nSPS) is 19.0. The van der Waals surface area contributed by atoms with Crippen molar-refractivity contribution < 1.29 is 14.3 Å². The standard InChI is InChI=1S/C14H21N3O3/c1-10(2)20-13-7-12(15-9-16-13)17-6-4-5-11(8-17)14(18)19-3/h7,9-11H,4-6,8H2,1-3H3. The second kappa shape index (κ2) is 6.54. The average Bonchev–Trinajstić information content (AvgIpc) is 2.46. The van der Waals surface area contributed by atoms with Gasteiger partial charge in [0.2, 0.25) is 5.88 Å². The summed E-state index contributed by atoms with van der Waals surface area (Å²) in [5.74, 6) is 1.12. The Morgan fingerprint density at radius 3 is 2.95 bits per heavy atom. The fourth-order valence-electron chi connectivity index (χ4n) is 2.35. The van der Waals surface area contributed by atoms with Gasteiger partial charge in [-0.2, -0.15) is 0 Å². The SMILES string of the molecule is COC(=O)C1CCCN(c2cc(OC(C)C)ncn2)C1. The minimum atomic E-state index is -0.151. The van der Waals surface area contributed by atoms with Crippen LogP contribution in [-0.4, -0.2) is 42.2 Å². The summed E-state index contributed by atoms with van der Waals surface area (Å²) in [4.78, 5) is 22.1. The molecule has 1 saturated heterocycles. The number of hydrogen-bond acceptors (Lipinski definition) is 6. The third-order valence-corrected chi connectivity index (χ3v) is 3.26. The Morgan fingerprint density at radius 2 is 2.25 bits per heavy atom. The lowest BCUT2D eigenvalue weighted by Gasteiger charge is -2.32. The van der Waals surface area contributed by atoms with E-state index in [0.717, 1.165) is 25.2 Å². The number of hydrogen-bond donors (Lipinski definition) is 0. The van der Waals surface area contributed by atoms with Gasteiger partial charge >= 0.3 is 5.97 Å². The summed E-state index contributed by atoms with van der Waals surface area (Å²) in [5, 5.41) is 0. The lowest BCUT2D eigenvalue weighted by molar-refractivity contribution is -0.145. The molecule has 1 aromatic heterocycles. The summed E-state index contributed by atoms with van der Waals surface area (Å²) >= 11 is 0. The Bertz CT molecular complexity index is 465. The van der Waals surface area contributed by atoms with Gasteiger partial charge in [0.1, 0.15) is 12.1 Å². The average molecular weight is 279 g/mol. The molecule has 6 nitrogen and oxygen atoms in total. The van der Waals surface area contributed by atoms with Gasteiger partial charge in [0, 0.05) is 19.2 Å². The smallest absolute Gasteiger partial charge is 0.310 e. The Labute approximate surface area is 119 Å².